The average molecular weight is 525 g/mol. The van der Waals surface area contributed by atoms with Crippen LogP contribution in [-0.2, 0) is 4.79 Å². The Kier molecular flexibility index (Phi) is 6.44. The Balaban J connectivity index is 1.60. The summed E-state index contributed by atoms with van der Waals surface area (Å²) in [4.78, 5) is 33.9. The molecule has 0 saturated carbocycles. The van der Waals surface area contributed by atoms with Gasteiger partial charge in [-0.25, -0.2) is 18.9 Å². The van der Waals surface area contributed by atoms with Crippen molar-refractivity contribution < 1.29 is 37.0 Å². The Morgan fingerprint density at radius 2 is 1.95 bits per heavy atom. The highest BCUT2D eigenvalue weighted by atomic mass is 19.4. The molecular formula is C22H23F4N7O4. The number of alkyl halides is 4. The van der Waals surface area contributed by atoms with Crippen molar-refractivity contribution in [2.45, 2.75) is 37.8 Å². The molecule has 0 bridgehead atoms. The topological polar surface area (TPSA) is 148 Å². The molecule has 0 aliphatic carbocycles. The number of ether oxygens (including phenoxy) is 1. The summed E-state index contributed by atoms with van der Waals surface area (Å²) in [5, 5.41) is 16.2. The molecule has 1 unspecified atom stereocenters. The van der Waals surface area contributed by atoms with Crippen LogP contribution >= 0.6 is 0 Å². The lowest BCUT2D eigenvalue weighted by molar-refractivity contribution is -0.249. The summed E-state index contributed by atoms with van der Waals surface area (Å²) in [6.45, 7) is 0.782. The minimum atomic E-state index is -5.26. The van der Waals surface area contributed by atoms with Crippen LogP contribution in [-0.4, -0.2) is 85.6 Å². The van der Waals surface area contributed by atoms with Crippen molar-refractivity contribution in [2.75, 3.05) is 25.9 Å². The van der Waals surface area contributed by atoms with Gasteiger partial charge in [0.2, 0.25) is 11.5 Å². The maximum absolute atomic E-state index is 14.7. The summed E-state index contributed by atoms with van der Waals surface area (Å²) >= 11 is 0. The van der Waals surface area contributed by atoms with Crippen LogP contribution in [0.15, 0.2) is 24.7 Å². The lowest BCUT2D eigenvalue weighted by atomic mass is 10.1. The molecule has 4 N–H and O–H groups in total. The Morgan fingerprint density at radius 3 is 2.59 bits per heavy atom. The van der Waals surface area contributed by atoms with Crippen LogP contribution in [0.25, 0.3) is 16.8 Å². The first-order valence-electron chi connectivity index (χ1n) is 10.9. The van der Waals surface area contributed by atoms with E-state index in [9.17, 15) is 32.3 Å². The van der Waals surface area contributed by atoms with Crippen molar-refractivity contribution in [1.29, 1.82) is 0 Å². The second-order valence-electron chi connectivity index (χ2n) is 8.78. The molecule has 1 aliphatic heterocycles. The molecule has 1 saturated heterocycles. The molecule has 1 fully saturated rings. The summed E-state index contributed by atoms with van der Waals surface area (Å²) < 4.78 is 60.5. The molecule has 11 nitrogen and oxygen atoms in total. The van der Waals surface area contributed by atoms with Crippen LogP contribution in [0.2, 0.25) is 0 Å². The molecule has 1 aliphatic rings. The average Bonchev–Trinajstić information content (AvgIpc) is 3.37. The van der Waals surface area contributed by atoms with Gasteiger partial charge in [-0.15, -0.1) is 0 Å². The molecule has 4 rings (SSSR count). The van der Waals surface area contributed by atoms with Gasteiger partial charge in [-0.2, -0.15) is 18.3 Å². The van der Waals surface area contributed by atoms with Crippen LogP contribution in [0.1, 0.15) is 22.8 Å². The van der Waals surface area contributed by atoms with Crippen LogP contribution in [0.3, 0.4) is 0 Å². The maximum Gasteiger partial charge on any atom is 0.426 e. The van der Waals surface area contributed by atoms with E-state index in [4.69, 9.17) is 10.5 Å². The molecule has 15 heteroatoms. The van der Waals surface area contributed by atoms with Gasteiger partial charge in [0.15, 0.2) is 5.82 Å². The quantitative estimate of drug-likeness (QED) is 0.422. The number of hydrogen-bond donors (Lipinski definition) is 3. The first-order chi connectivity index (χ1) is 17.3. The number of carbonyl (C=O) groups is 2. The Bertz CT molecular complexity index is 1380. The summed E-state index contributed by atoms with van der Waals surface area (Å²) in [5.41, 5.74) is 4.45. The number of hydrogen-bond acceptors (Lipinski definition) is 8. The number of aliphatic hydroxyl groups is 1. The molecular weight excluding hydrogens is 502 g/mol. The highest BCUT2D eigenvalue weighted by Crippen LogP contribution is 2.33. The summed E-state index contributed by atoms with van der Waals surface area (Å²) in [6.07, 6.45) is -4.44. The monoisotopic (exact) mass is 525 g/mol. The molecule has 0 aromatic carbocycles. The number of carbonyl (C=O) groups excluding carboxylic acids is 2. The minimum absolute atomic E-state index is 0.0886. The van der Waals surface area contributed by atoms with Crippen molar-refractivity contribution in [1.82, 2.24) is 29.8 Å². The lowest BCUT2D eigenvalue weighted by Crippen LogP contribution is -2.56. The first-order valence-corrected chi connectivity index (χ1v) is 10.9. The van der Waals surface area contributed by atoms with Gasteiger partial charge in [-0.1, -0.05) is 0 Å². The van der Waals surface area contributed by atoms with Crippen LogP contribution in [0, 0.1) is 6.92 Å². The molecule has 3 aromatic heterocycles. The minimum Gasteiger partial charge on any atom is -0.480 e. The number of amides is 2. The fraction of sp³-hybridized carbons (Fsp3) is 0.409. The van der Waals surface area contributed by atoms with Crippen molar-refractivity contribution >= 4 is 23.1 Å². The number of nitrogens with zero attached hydrogens (tertiary/aromatic N) is 5. The van der Waals surface area contributed by atoms with Gasteiger partial charge >= 0.3 is 6.18 Å². The predicted molar refractivity (Wildman–Crippen MR) is 121 cm³/mol. The van der Waals surface area contributed by atoms with E-state index in [1.807, 2.05) is 0 Å². The fourth-order valence-electron chi connectivity index (χ4n) is 4.12. The van der Waals surface area contributed by atoms with E-state index in [1.54, 1.807) is 13.0 Å². The van der Waals surface area contributed by atoms with Crippen molar-refractivity contribution in [3.63, 3.8) is 0 Å². The Morgan fingerprint density at radius 1 is 1.24 bits per heavy atom. The number of nitrogens with one attached hydrogen (secondary N) is 1. The highest BCUT2D eigenvalue weighted by molar-refractivity contribution is 5.98. The van der Waals surface area contributed by atoms with Crippen LogP contribution in [0.5, 0.6) is 5.88 Å². The zero-order valence-electron chi connectivity index (χ0n) is 19.9. The van der Waals surface area contributed by atoms with Crippen molar-refractivity contribution in [3.8, 4) is 17.1 Å². The predicted octanol–water partition coefficient (Wildman–Crippen LogP) is 1.28. The van der Waals surface area contributed by atoms with Gasteiger partial charge in [0.25, 0.3) is 11.8 Å². The summed E-state index contributed by atoms with van der Waals surface area (Å²) in [6, 6.07) is 1.86. The number of likely N-dealkylation sites (tertiary alicyclic amines) is 1. The zero-order valence-corrected chi connectivity index (χ0v) is 19.9. The van der Waals surface area contributed by atoms with E-state index >= 15 is 0 Å². The molecule has 3 aromatic rings. The molecule has 37 heavy (non-hydrogen) atoms. The standard InChI is InChI=1S/C22H23F4N7O4/c1-10-4-15(33-16(10)17(27)29-9-30-33)11-5-12(19(37-3)28-6-11)18(34)31-14-8-32(7-13(14)23)20(35)21(2,36)22(24,25)26/h4-6,9,13-14,36H,7-8H2,1-3H3,(H,31,34)(H2,27,29,30)/t13-,14+,21?/m0/s1. The SMILES string of the molecule is COc1ncc(-c2cc(C)c3c(N)ncnn23)cc1C(=O)N[C@@H]1CN(C(=O)C(C)(O)C(F)(F)F)C[C@@H]1F. The van der Waals surface area contributed by atoms with Gasteiger partial charge in [0.05, 0.1) is 25.4 Å². The Labute approximate surface area is 207 Å². The molecule has 0 radical (unpaired) electrons. The normalized spacial score (nSPS) is 19.6. The highest BCUT2D eigenvalue weighted by Gasteiger charge is 2.58. The van der Waals surface area contributed by atoms with Gasteiger partial charge in [0.1, 0.15) is 23.6 Å². The molecule has 3 atom stereocenters. The summed E-state index contributed by atoms with van der Waals surface area (Å²) in [5.74, 6) is -2.38. The molecule has 4 heterocycles. The van der Waals surface area contributed by atoms with Crippen LogP contribution in [0.4, 0.5) is 23.4 Å². The number of nitrogen functional groups attached to an aromatic ring is 1. The zero-order chi connectivity index (χ0) is 27.3. The number of pyridine rings is 1. The van der Waals surface area contributed by atoms with Gasteiger partial charge in [0, 0.05) is 18.3 Å². The number of fused-ring (bicyclic) bond motifs is 1. The van der Waals surface area contributed by atoms with Gasteiger partial charge < -0.3 is 25.8 Å². The van der Waals surface area contributed by atoms with Crippen LogP contribution < -0.4 is 15.8 Å². The fourth-order valence-corrected chi connectivity index (χ4v) is 4.12. The number of aromatic nitrogens is 4. The third kappa shape index (κ3) is 4.50. The molecule has 198 valence electrons. The smallest absolute Gasteiger partial charge is 0.426 e. The Hall–Kier alpha value is -4.01. The number of rotatable bonds is 5. The number of nitrogens with two attached hydrogens (primary N) is 1. The van der Waals surface area contributed by atoms with E-state index in [-0.39, 0.29) is 17.3 Å². The van der Waals surface area contributed by atoms with Gasteiger partial charge in [-0.05, 0) is 31.5 Å². The van der Waals surface area contributed by atoms with Gasteiger partial charge in [-0.3, -0.25) is 9.59 Å². The maximum atomic E-state index is 14.7. The number of halogens is 4. The van der Waals surface area contributed by atoms with E-state index in [0.29, 0.717) is 28.6 Å². The first kappa shape index (κ1) is 26.1. The number of aryl methyl sites for hydroxylation is 1. The molecule has 2 amide bonds. The number of anilines is 1. The van der Waals surface area contributed by atoms with E-state index in [1.165, 1.54) is 30.2 Å². The third-order valence-electron chi connectivity index (χ3n) is 6.18. The second-order valence-corrected chi connectivity index (χ2v) is 8.78. The number of methoxy groups -OCH3 is 1. The molecule has 0 spiro atoms. The second kappa shape index (κ2) is 9.14. The summed E-state index contributed by atoms with van der Waals surface area (Å²) in [7, 11) is 1.27. The van der Waals surface area contributed by atoms with Crippen molar-refractivity contribution in [2.24, 2.45) is 0 Å². The van der Waals surface area contributed by atoms with E-state index < -0.39 is 48.9 Å². The largest absolute Gasteiger partial charge is 0.480 e. The van der Waals surface area contributed by atoms with E-state index in [0.717, 1.165) is 5.56 Å². The lowest BCUT2D eigenvalue weighted by Gasteiger charge is -2.29. The van der Waals surface area contributed by atoms with E-state index in [2.05, 4.69) is 20.4 Å². The third-order valence-corrected chi connectivity index (χ3v) is 6.18. The van der Waals surface area contributed by atoms with Crippen molar-refractivity contribution in [3.05, 3.63) is 35.8 Å².